The molecule has 0 radical (unpaired) electrons. The Morgan fingerprint density at radius 1 is 1.29 bits per heavy atom. The van der Waals surface area contributed by atoms with Gasteiger partial charge in [0.1, 0.15) is 12.3 Å². The number of rotatable bonds is 5. The van der Waals surface area contributed by atoms with Crippen LogP contribution in [0.5, 0.6) is 0 Å². The van der Waals surface area contributed by atoms with Crippen molar-refractivity contribution >= 4 is 27.6 Å². The molecule has 122 valence electrons. The Morgan fingerprint density at radius 2 is 2.12 bits per heavy atom. The van der Waals surface area contributed by atoms with Gasteiger partial charge in [0, 0.05) is 12.1 Å². The van der Waals surface area contributed by atoms with E-state index in [-0.39, 0.29) is 22.3 Å². The lowest BCUT2D eigenvalue weighted by Gasteiger charge is -2.03. The fourth-order valence-electron chi connectivity index (χ4n) is 1.92. The molecule has 0 atom stereocenters. The molecule has 24 heavy (non-hydrogen) atoms. The van der Waals surface area contributed by atoms with Crippen LogP contribution in [0.25, 0.3) is 11.5 Å². The van der Waals surface area contributed by atoms with Crippen molar-refractivity contribution in [3.8, 4) is 11.5 Å². The lowest BCUT2D eigenvalue weighted by molar-refractivity contribution is -0.385. The van der Waals surface area contributed by atoms with Gasteiger partial charge in [-0.3, -0.25) is 10.1 Å². The summed E-state index contributed by atoms with van der Waals surface area (Å²) >= 11 is 3.05. The van der Waals surface area contributed by atoms with Crippen molar-refractivity contribution in [3.05, 3.63) is 68.5 Å². The van der Waals surface area contributed by atoms with E-state index < -0.39 is 10.9 Å². The number of nitro groups is 1. The molecule has 0 aliphatic carbocycles. The van der Waals surface area contributed by atoms with Crippen molar-refractivity contribution < 1.29 is 23.4 Å². The van der Waals surface area contributed by atoms with Crippen LogP contribution in [0.1, 0.15) is 16.1 Å². The normalized spacial score (nSPS) is 10.5. The monoisotopic (exact) mass is 392 g/mol. The smallest absolute Gasteiger partial charge is 0.338 e. The standard InChI is InChI=1S/C15H9BrN2O6/c16-11-4-3-9(6-12(11)18(20)21)15(19)23-8-10-7-14(24-17-10)13-2-1-5-22-13/h1-7H,8H2. The van der Waals surface area contributed by atoms with E-state index in [9.17, 15) is 14.9 Å². The molecular formula is C15H9BrN2O6. The van der Waals surface area contributed by atoms with Crippen molar-refractivity contribution in [1.29, 1.82) is 0 Å². The number of hydrogen-bond donors (Lipinski definition) is 0. The van der Waals surface area contributed by atoms with E-state index in [1.54, 1.807) is 18.2 Å². The van der Waals surface area contributed by atoms with Crippen LogP contribution in [-0.4, -0.2) is 16.0 Å². The Kier molecular flexibility index (Phi) is 4.43. The minimum Gasteiger partial charge on any atom is -0.461 e. The molecule has 0 saturated carbocycles. The third kappa shape index (κ3) is 3.35. The van der Waals surface area contributed by atoms with Crippen LogP contribution in [-0.2, 0) is 11.3 Å². The van der Waals surface area contributed by atoms with Crippen LogP contribution >= 0.6 is 15.9 Å². The summed E-state index contributed by atoms with van der Waals surface area (Å²) in [5.41, 5.74) is 0.243. The fraction of sp³-hybridized carbons (Fsp3) is 0.0667. The molecule has 0 spiro atoms. The summed E-state index contributed by atoms with van der Waals surface area (Å²) in [7, 11) is 0. The third-order valence-corrected chi connectivity index (χ3v) is 3.72. The van der Waals surface area contributed by atoms with Crippen LogP contribution in [0, 0.1) is 10.1 Å². The summed E-state index contributed by atoms with van der Waals surface area (Å²) in [6.07, 6.45) is 1.50. The summed E-state index contributed by atoms with van der Waals surface area (Å²) < 4.78 is 15.6. The molecule has 1 aromatic carbocycles. The Labute approximate surface area is 143 Å². The zero-order valence-corrected chi connectivity index (χ0v) is 13.6. The van der Waals surface area contributed by atoms with Crippen molar-refractivity contribution in [3.63, 3.8) is 0 Å². The van der Waals surface area contributed by atoms with E-state index in [0.717, 1.165) is 6.07 Å². The number of hydrogen-bond acceptors (Lipinski definition) is 7. The number of furan rings is 1. The van der Waals surface area contributed by atoms with E-state index in [4.69, 9.17) is 13.7 Å². The summed E-state index contributed by atoms with van der Waals surface area (Å²) in [5.74, 6) is 0.210. The largest absolute Gasteiger partial charge is 0.461 e. The average molecular weight is 393 g/mol. The highest BCUT2D eigenvalue weighted by molar-refractivity contribution is 9.10. The summed E-state index contributed by atoms with van der Waals surface area (Å²) in [4.78, 5) is 22.3. The SMILES string of the molecule is O=C(OCc1cc(-c2ccco2)on1)c1ccc(Br)c([N+](=O)[O-])c1. The summed E-state index contributed by atoms with van der Waals surface area (Å²) in [6, 6.07) is 8.98. The van der Waals surface area contributed by atoms with Crippen LogP contribution in [0.2, 0.25) is 0 Å². The van der Waals surface area contributed by atoms with Crippen molar-refractivity contribution in [1.82, 2.24) is 5.16 Å². The second-order valence-corrected chi connectivity index (χ2v) is 5.51. The molecule has 0 N–H and O–H groups in total. The van der Waals surface area contributed by atoms with Crippen LogP contribution < -0.4 is 0 Å². The van der Waals surface area contributed by atoms with E-state index >= 15 is 0 Å². The number of nitro benzene ring substituents is 1. The highest BCUT2D eigenvalue weighted by atomic mass is 79.9. The number of carbonyl (C=O) groups excluding carboxylic acids is 1. The molecule has 3 aromatic rings. The number of benzene rings is 1. The predicted molar refractivity (Wildman–Crippen MR) is 84.1 cm³/mol. The lowest BCUT2D eigenvalue weighted by atomic mass is 10.2. The zero-order valence-electron chi connectivity index (χ0n) is 12.0. The first-order valence-corrected chi connectivity index (χ1v) is 7.44. The minimum atomic E-state index is -0.701. The summed E-state index contributed by atoms with van der Waals surface area (Å²) in [6.45, 7) is -0.132. The van der Waals surface area contributed by atoms with Gasteiger partial charge >= 0.3 is 5.97 Å². The number of aromatic nitrogens is 1. The molecule has 0 saturated heterocycles. The maximum Gasteiger partial charge on any atom is 0.338 e. The van der Waals surface area contributed by atoms with Crippen LogP contribution in [0.15, 0.2) is 56.1 Å². The van der Waals surface area contributed by atoms with Crippen molar-refractivity contribution in [2.45, 2.75) is 6.61 Å². The topological polar surface area (TPSA) is 109 Å². The molecule has 2 aromatic heterocycles. The molecule has 8 nitrogen and oxygen atoms in total. The first kappa shape index (κ1) is 15.9. The number of carbonyl (C=O) groups is 1. The molecule has 3 rings (SSSR count). The molecule has 9 heteroatoms. The molecule has 0 fully saturated rings. The predicted octanol–water partition coefficient (Wildman–Crippen LogP) is 3.96. The molecule has 2 heterocycles. The second kappa shape index (κ2) is 6.67. The van der Waals surface area contributed by atoms with Gasteiger partial charge in [-0.1, -0.05) is 5.16 Å². The molecule has 0 aliphatic heterocycles. The first-order chi connectivity index (χ1) is 11.5. The van der Waals surface area contributed by atoms with E-state index in [1.165, 1.54) is 18.4 Å². The van der Waals surface area contributed by atoms with Crippen molar-refractivity contribution in [2.24, 2.45) is 0 Å². The quantitative estimate of drug-likeness (QED) is 0.367. The van der Waals surface area contributed by atoms with Gasteiger partial charge in [-0.2, -0.15) is 0 Å². The third-order valence-electron chi connectivity index (χ3n) is 3.05. The Hall–Kier alpha value is -2.94. The Bertz CT molecular complexity index is 887. The van der Waals surface area contributed by atoms with Gasteiger partial charge in [-0.05, 0) is 40.2 Å². The lowest BCUT2D eigenvalue weighted by Crippen LogP contribution is -2.06. The highest BCUT2D eigenvalue weighted by Crippen LogP contribution is 2.26. The van der Waals surface area contributed by atoms with Gasteiger partial charge in [-0.15, -0.1) is 0 Å². The highest BCUT2D eigenvalue weighted by Gasteiger charge is 2.17. The van der Waals surface area contributed by atoms with Gasteiger partial charge in [-0.25, -0.2) is 4.79 Å². The van der Waals surface area contributed by atoms with E-state index in [0.29, 0.717) is 17.2 Å². The summed E-state index contributed by atoms with van der Waals surface area (Å²) in [5, 5.41) is 14.7. The molecular weight excluding hydrogens is 384 g/mol. The maximum absolute atomic E-state index is 12.0. The molecule has 0 aliphatic rings. The number of nitrogens with zero attached hydrogens (tertiary/aromatic N) is 2. The first-order valence-electron chi connectivity index (χ1n) is 6.65. The average Bonchev–Trinajstić information content (AvgIpc) is 3.24. The van der Waals surface area contributed by atoms with Crippen LogP contribution in [0.4, 0.5) is 5.69 Å². The van der Waals surface area contributed by atoms with Crippen molar-refractivity contribution in [2.75, 3.05) is 0 Å². The maximum atomic E-state index is 12.0. The minimum absolute atomic E-state index is 0.0691. The number of esters is 1. The Morgan fingerprint density at radius 3 is 2.83 bits per heavy atom. The molecule has 0 amide bonds. The van der Waals surface area contributed by atoms with Gasteiger partial charge in [0.05, 0.1) is 21.2 Å². The van der Waals surface area contributed by atoms with Gasteiger partial charge in [0.25, 0.3) is 5.69 Å². The van der Waals surface area contributed by atoms with Crippen LogP contribution in [0.3, 0.4) is 0 Å². The molecule has 0 bridgehead atoms. The Balaban J connectivity index is 1.68. The second-order valence-electron chi connectivity index (χ2n) is 4.66. The number of ether oxygens (including phenoxy) is 1. The fourth-order valence-corrected chi connectivity index (χ4v) is 2.31. The van der Waals surface area contributed by atoms with Gasteiger partial charge in [0.15, 0.2) is 5.76 Å². The van der Waals surface area contributed by atoms with Gasteiger partial charge < -0.3 is 13.7 Å². The van der Waals surface area contributed by atoms with E-state index in [1.807, 2.05) is 0 Å². The van der Waals surface area contributed by atoms with E-state index in [2.05, 4.69) is 21.1 Å². The zero-order chi connectivity index (χ0) is 17.1. The van der Waals surface area contributed by atoms with Gasteiger partial charge in [0.2, 0.25) is 5.76 Å². The number of halogens is 1. The molecule has 0 unspecified atom stereocenters.